The Labute approximate surface area is 57.0 Å². The summed E-state index contributed by atoms with van der Waals surface area (Å²) in [6.45, 7) is 0. The zero-order valence-corrected chi connectivity index (χ0v) is 5.69. The quantitative estimate of drug-likeness (QED) is 0.332. The van der Waals surface area contributed by atoms with Gasteiger partial charge in [-0.15, -0.1) is 0 Å². The maximum atomic E-state index is 6.68. The van der Waals surface area contributed by atoms with Crippen molar-refractivity contribution >= 4 is 18.5 Å². The first-order chi connectivity index (χ1) is 4.31. The Bertz CT molecular complexity index is 95.0. The minimum Gasteiger partial charge on any atom is -0.387 e. The van der Waals surface area contributed by atoms with Gasteiger partial charge >= 0.3 is 0 Å². The molecule has 0 saturated heterocycles. The van der Waals surface area contributed by atoms with Crippen LogP contribution in [0.15, 0.2) is 4.99 Å². The number of thiol groups is 1. The number of nitrogens with two attached hydrogens (primary N) is 1. The van der Waals surface area contributed by atoms with E-state index in [-0.39, 0.29) is 7.02 Å². The van der Waals surface area contributed by atoms with E-state index in [1.165, 1.54) is 0 Å². The number of hydrogen-bond acceptors (Lipinski definition) is 2. The van der Waals surface area contributed by atoms with Crippen molar-refractivity contribution in [2.45, 2.75) is 12.8 Å². The second kappa shape index (κ2) is 4.97. The Morgan fingerprint density at radius 2 is 2.75 bits per heavy atom. The van der Waals surface area contributed by atoms with Gasteiger partial charge < -0.3 is 5.73 Å². The van der Waals surface area contributed by atoms with Gasteiger partial charge in [-0.2, -0.15) is 12.6 Å². The second-order valence-electron chi connectivity index (χ2n) is 1.48. The number of rotatable bonds is 3. The molecule has 0 saturated carbocycles. The number of hydrogen-bond donors (Lipinski definition) is 2. The van der Waals surface area contributed by atoms with Gasteiger partial charge in [0.1, 0.15) is 0 Å². The molecule has 0 atom stereocenters. The van der Waals surface area contributed by atoms with Crippen molar-refractivity contribution in [2.24, 2.45) is 10.7 Å². The maximum Gasteiger partial charge on any atom is 0.0933 e. The molecule has 0 aromatic rings. The fourth-order valence-electron chi connectivity index (χ4n) is 0.339. The topological polar surface area (TPSA) is 38.4 Å². The third kappa shape index (κ3) is 3.99. The highest BCUT2D eigenvalue weighted by Gasteiger charge is 1.86. The summed E-state index contributed by atoms with van der Waals surface area (Å²) in [5.74, 6) is 1.40. The van der Waals surface area contributed by atoms with E-state index in [0.717, 1.165) is 18.6 Å². The van der Waals surface area contributed by atoms with E-state index >= 15 is 0 Å². The zero-order chi connectivity index (χ0) is 7.11. The average molecular weight is 133 g/mol. The van der Waals surface area contributed by atoms with Gasteiger partial charge in [-0.05, 0) is 12.2 Å². The van der Waals surface area contributed by atoms with Gasteiger partial charge in [0.15, 0.2) is 0 Å². The summed E-state index contributed by atoms with van der Waals surface area (Å²) in [4.78, 5) is 3.69. The first-order valence-corrected chi connectivity index (χ1v) is 3.13. The fraction of sp³-hybridized carbons (Fsp3) is 0.800. The standard InChI is InChI=1S/C5H12N2S/c1-7-5(6)3-2-4-8/h8H,2-4H2,1H3,(H2,6,7)/i1D. The average Bonchev–Trinajstić information content (AvgIpc) is 1.85. The van der Waals surface area contributed by atoms with E-state index in [0.29, 0.717) is 5.84 Å². The van der Waals surface area contributed by atoms with Crippen LogP contribution in [0.5, 0.6) is 0 Å². The van der Waals surface area contributed by atoms with Gasteiger partial charge in [0.25, 0.3) is 0 Å². The van der Waals surface area contributed by atoms with Gasteiger partial charge in [0.05, 0.1) is 5.84 Å². The minimum atomic E-state index is 0.0401. The minimum absolute atomic E-state index is 0.0401. The maximum absolute atomic E-state index is 6.68. The monoisotopic (exact) mass is 133 g/mol. The summed E-state index contributed by atoms with van der Waals surface area (Å²) in [7, 11) is 0.0401. The van der Waals surface area contributed by atoms with Crippen LogP contribution in [0.2, 0.25) is 0 Å². The molecule has 0 bridgehead atoms. The summed E-state index contributed by atoms with van der Waals surface area (Å²) in [6, 6.07) is 0. The van der Waals surface area contributed by atoms with Crippen molar-refractivity contribution in [1.29, 1.82) is 0 Å². The SMILES string of the molecule is [2H]CN=C(N)CCCS. The van der Waals surface area contributed by atoms with Crippen molar-refractivity contribution in [1.82, 2.24) is 0 Å². The van der Waals surface area contributed by atoms with Crippen molar-refractivity contribution in [3.8, 4) is 0 Å². The molecule has 48 valence electrons. The van der Waals surface area contributed by atoms with Gasteiger partial charge in [-0.3, -0.25) is 4.99 Å². The Morgan fingerprint density at radius 1 is 2.00 bits per heavy atom. The molecule has 0 radical (unpaired) electrons. The molecule has 0 fully saturated rings. The molecule has 0 aliphatic heterocycles. The highest BCUT2D eigenvalue weighted by atomic mass is 32.1. The Kier molecular flexibility index (Phi) is 3.69. The van der Waals surface area contributed by atoms with Crippen molar-refractivity contribution in [2.75, 3.05) is 12.8 Å². The molecular formula is C5H12N2S. The number of nitrogens with zero attached hydrogens (tertiary/aromatic N) is 1. The predicted octanol–water partition coefficient (Wildman–Crippen LogP) is 0.683. The lowest BCUT2D eigenvalue weighted by molar-refractivity contribution is 0.996. The third-order valence-electron chi connectivity index (χ3n) is 0.794. The van der Waals surface area contributed by atoms with Gasteiger partial charge in [0.2, 0.25) is 0 Å². The smallest absolute Gasteiger partial charge is 0.0933 e. The Balaban J connectivity index is 3.25. The summed E-state index contributed by atoms with van der Waals surface area (Å²) >= 11 is 4.01. The molecule has 0 aromatic heterocycles. The lowest BCUT2D eigenvalue weighted by Crippen LogP contribution is -2.10. The molecule has 0 unspecified atom stereocenters. The van der Waals surface area contributed by atoms with Crippen molar-refractivity contribution < 1.29 is 1.37 Å². The van der Waals surface area contributed by atoms with Gasteiger partial charge in [0, 0.05) is 14.8 Å². The van der Waals surface area contributed by atoms with Crippen LogP contribution in [0.25, 0.3) is 0 Å². The molecule has 3 heteroatoms. The Morgan fingerprint density at radius 3 is 3.25 bits per heavy atom. The summed E-state index contributed by atoms with van der Waals surface area (Å²) in [5, 5.41) is 0. The molecule has 0 spiro atoms. The first-order valence-electron chi connectivity index (χ1n) is 3.21. The molecule has 8 heavy (non-hydrogen) atoms. The zero-order valence-electron chi connectivity index (χ0n) is 5.80. The van der Waals surface area contributed by atoms with Crippen LogP contribution >= 0.6 is 12.6 Å². The molecule has 0 aromatic carbocycles. The Hall–Kier alpha value is -0.180. The highest BCUT2D eigenvalue weighted by molar-refractivity contribution is 7.80. The molecule has 0 heterocycles. The van der Waals surface area contributed by atoms with Gasteiger partial charge in [-0.1, -0.05) is 0 Å². The molecule has 2 N–H and O–H groups in total. The fourth-order valence-corrected chi connectivity index (χ4v) is 0.497. The lowest BCUT2D eigenvalue weighted by Gasteiger charge is -1.93. The van der Waals surface area contributed by atoms with E-state index in [9.17, 15) is 0 Å². The molecule has 0 amide bonds. The number of aliphatic imine (C=N–C) groups is 1. The first kappa shape index (κ1) is 5.95. The van der Waals surface area contributed by atoms with Crippen LogP contribution in [-0.2, 0) is 0 Å². The lowest BCUT2D eigenvalue weighted by atomic mass is 10.3. The van der Waals surface area contributed by atoms with Crippen LogP contribution in [0.4, 0.5) is 0 Å². The normalized spacial score (nSPS) is 13.6. The van der Waals surface area contributed by atoms with Crippen molar-refractivity contribution in [3.05, 3.63) is 0 Å². The molecular weight excluding hydrogens is 120 g/mol. The molecule has 0 aliphatic carbocycles. The summed E-state index contributed by atoms with van der Waals surface area (Å²) < 4.78 is 6.68. The van der Waals surface area contributed by atoms with E-state index < -0.39 is 0 Å². The van der Waals surface area contributed by atoms with E-state index in [2.05, 4.69) is 17.6 Å². The van der Waals surface area contributed by atoms with Crippen LogP contribution in [-0.4, -0.2) is 18.6 Å². The molecule has 0 rings (SSSR count). The van der Waals surface area contributed by atoms with Crippen LogP contribution in [0.3, 0.4) is 0 Å². The van der Waals surface area contributed by atoms with Crippen LogP contribution < -0.4 is 5.73 Å². The summed E-state index contributed by atoms with van der Waals surface area (Å²) in [6.07, 6.45) is 1.71. The third-order valence-corrected chi connectivity index (χ3v) is 1.11. The van der Waals surface area contributed by atoms with Crippen LogP contribution in [0, 0.1) is 0 Å². The van der Waals surface area contributed by atoms with Gasteiger partial charge in [-0.25, -0.2) is 0 Å². The second-order valence-corrected chi connectivity index (χ2v) is 1.92. The largest absolute Gasteiger partial charge is 0.387 e. The summed E-state index contributed by atoms with van der Waals surface area (Å²) in [5.41, 5.74) is 5.37. The van der Waals surface area contributed by atoms with E-state index in [1.807, 2.05) is 0 Å². The van der Waals surface area contributed by atoms with E-state index in [1.54, 1.807) is 0 Å². The highest BCUT2D eigenvalue weighted by Crippen LogP contribution is 1.89. The molecule has 2 nitrogen and oxygen atoms in total. The van der Waals surface area contributed by atoms with Crippen molar-refractivity contribution in [3.63, 3.8) is 0 Å². The van der Waals surface area contributed by atoms with Crippen LogP contribution in [0.1, 0.15) is 14.2 Å². The molecule has 0 aliphatic rings. The van der Waals surface area contributed by atoms with E-state index in [4.69, 9.17) is 7.10 Å². The predicted molar refractivity (Wildman–Crippen MR) is 40.6 cm³/mol. The number of amidine groups is 1.